The number of hydrogen-bond donors (Lipinski definition) is 0. The molecule has 8 heteroatoms. The first kappa shape index (κ1) is 26.3. The fraction of sp³-hybridized carbons (Fsp3) is 0.241. The molecule has 0 aliphatic carbocycles. The molecule has 0 bridgehead atoms. The van der Waals surface area contributed by atoms with E-state index in [1.807, 2.05) is 69.3 Å². The van der Waals surface area contributed by atoms with E-state index in [1.165, 1.54) is 30.5 Å². The summed E-state index contributed by atoms with van der Waals surface area (Å²) >= 11 is 0. The van der Waals surface area contributed by atoms with Gasteiger partial charge in [0.2, 0.25) is 15.0 Å². The summed E-state index contributed by atoms with van der Waals surface area (Å²) in [6.45, 7) is 6.08. The molecular formula is C29H30FN3O3S. The van der Waals surface area contributed by atoms with Crippen LogP contribution in [0.2, 0.25) is 0 Å². The second-order valence-corrected chi connectivity index (χ2v) is 11.2. The molecule has 0 atom stereocenters. The highest BCUT2D eigenvalue weighted by Gasteiger charge is 2.27. The van der Waals surface area contributed by atoms with E-state index in [2.05, 4.69) is 4.98 Å². The molecule has 0 fully saturated rings. The highest BCUT2D eigenvalue weighted by atomic mass is 32.2. The van der Waals surface area contributed by atoms with E-state index >= 15 is 0 Å². The van der Waals surface area contributed by atoms with Crippen LogP contribution in [0.25, 0.3) is 0 Å². The Hall–Kier alpha value is -3.78. The highest BCUT2D eigenvalue weighted by molar-refractivity contribution is 7.90. The van der Waals surface area contributed by atoms with Crippen LogP contribution in [0.3, 0.4) is 0 Å². The van der Waals surface area contributed by atoms with E-state index in [-0.39, 0.29) is 35.9 Å². The molecule has 0 N–H and O–H groups in total. The monoisotopic (exact) mass is 519 g/mol. The van der Waals surface area contributed by atoms with Crippen molar-refractivity contribution >= 4 is 15.7 Å². The van der Waals surface area contributed by atoms with Crippen LogP contribution in [0.15, 0.2) is 90.2 Å². The molecule has 37 heavy (non-hydrogen) atoms. The lowest BCUT2D eigenvalue weighted by Crippen LogP contribution is -2.37. The van der Waals surface area contributed by atoms with Crippen molar-refractivity contribution in [2.24, 2.45) is 0 Å². The van der Waals surface area contributed by atoms with Crippen molar-refractivity contribution in [1.82, 2.24) is 14.5 Å². The van der Waals surface area contributed by atoms with Crippen LogP contribution in [0, 0.1) is 12.7 Å². The van der Waals surface area contributed by atoms with Gasteiger partial charge in [0.25, 0.3) is 5.91 Å². The first-order valence-electron chi connectivity index (χ1n) is 12.1. The summed E-state index contributed by atoms with van der Waals surface area (Å²) in [7, 11) is -3.79. The molecule has 4 rings (SSSR count). The van der Waals surface area contributed by atoms with Gasteiger partial charge in [-0.15, -0.1) is 0 Å². The maximum Gasteiger partial charge on any atom is 0.254 e. The molecule has 1 heterocycles. The van der Waals surface area contributed by atoms with Crippen molar-refractivity contribution in [1.29, 1.82) is 0 Å². The Labute approximate surface area is 217 Å². The maximum absolute atomic E-state index is 13.6. The minimum Gasteiger partial charge on any atom is -0.330 e. The molecule has 3 aromatic carbocycles. The van der Waals surface area contributed by atoms with E-state index in [1.54, 1.807) is 15.5 Å². The molecule has 6 nitrogen and oxygen atoms in total. The summed E-state index contributed by atoms with van der Waals surface area (Å²) in [5, 5.41) is -0.0347. The number of halogens is 1. The lowest BCUT2D eigenvalue weighted by atomic mass is 10.1. The van der Waals surface area contributed by atoms with Gasteiger partial charge in [-0.25, -0.2) is 17.8 Å². The van der Waals surface area contributed by atoms with Crippen LogP contribution in [0.1, 0.15) is 46.6 Å². The number of rotatable bonds is 9. The number of nitrogens with zero attached hydrogens (tertiary/aromatic N) is 3. The Kier molecular flexibility index (Phi) is 7.88. The van der Waals surface area contributed by atoms with Crippen molar-refractivity contribution in [3.8, 4) is 0 Å². The van der Waals surface area contributed by atoms with Gasteiger partial charge in [-0.2, -0.15) is 0 Å². The Morgan fingerprint density at radius 2 is 1.62 bits per heavy atom. The number of amides is 1. The summed E-state index contributed by atoms with van der Waals surface area (Å²) in [5.74, 6) is -0.864. The molecule has 0 aliphatic heterocycles. The van der Waals surface area contributed by atoms with E-state index in [4.69, 9.17) is 0 Å². The Bertz CT molecular complexity index is 1480. The summed E-state index contributed by atoms with van der Waals surface area (Å²) in [6.07, 6.45) is 1.53. The lowest BCUT2D eigenvalue weighted by molar-refractivity contribution is 0.0685. The fourth-order valence-electron chi connectivity index (χ4n) is 4.16. The zero-order valence-corrected chi connectivity index (χ0v) is 22.0. The normalized spacial score (nSPS) is 11.6. The summed E-state index contributed by atoms with van der Waals surface area (Å²) in [6, 6.07) is 22.1. The number of hydrogen-bond acceptors (Lipinski definition) is 4. The summed E-state index contributed by atoms with van der Waals surface area (Å²) < 4.78 is 42.3. The Morgan fingerprint density at radius 3 is 2.27 bits per heavy atom. The Balaban J connectivity index is 1.73. The molecular weight excluding hydrogens is 489 g/mol. The van der Waals surface area contributed by atoms with Crippen LogP contribution in [-0.2, 0) is 28.7 Å². The van der Waals surface area contributed by atoms with Gasteiger partial charge in [-0.1, -0.05) is 54.6 Å². The molecule has 0 spiro atoms. The van der Waals surface area contributed by atoms with Crippen LogP contribution in [0.4, 0.5) is 4.39 Å². The van der Waals surface area contributed by atoms with Gasteiger partial charge in [0.1, 0.15) is 5.82 Å². The molecule has 0 saturated heterocycles. The zero-order valence-electron chi connectivity index (χ0n) is 21.1. The summed E-state index contributed by atoms with van der Waals surface area (Å²) in [4.78, 5) is 19.3. The minimum absolute atomic E-state index is 0.0347. The van der Waals surface area contributed by atoms with E-state index < -0.39 is 15.7 Å². The topological polar surface area (TPSA) is 72.3 Å². The summed E-state index contributed by atoms with van der Waals surface area (Å²) in [5.41, 5.74) is 3.47. The predicted molar refractivity (Wildman–Crippen MR) is 141 cm³/mol. The highest BCUT2D eigenvalue weighted by Crippen LogP contribution is 2.23. The fourth-order valence-corrected chi connectivity index (χ4v) is 5.76. The van der Waals surface area contributed by atoms with E-state index in [9.17, 15) is 17.6 Å². The zero-order chi connectivity index (χ0) is 26.6. The van der Waals surface area contributed by atoms with Gasteiger partial charge in [-0.3, -0.25) is 4.79 Å². The number of aromatic nitrogens is 2. The van der Waals surface area contributed by atoms with Crippen molar-refractivity contribution in [2.45, 2.75) is 50.8 Å². The predicted octanol–water partition coefficient (Wildman–Crippen LogP) is 5.40. The molecule has 1 aromatic heterocycles. The smallest absolute Gasteiger partial charge is 0.254 e. The number of carbonyl (C=O) groups excluding carboxylic acids is 1. The average molecular weight is 520 g/mol. The molecule has 4 aromatic rings. The van der Waals surface area contributed by atoms with Crippen molar-refractivity contribution < 1.29 is 17.6 Å². The standard InChI is InChI=1S/C29H30FN3O3S/c1-21(2)32(28(34)24-13-15-26(30)16-14-24)19-27-17-31-29(33(27)18-23-10-5-4-6-11-23)37(35,36)20-25-12-8-7-9-22(25)3/h4-17,21H,18-20H2,1-3H3. The molecule has 0 unspecified atom stereocenters. The van der Waals surface area contributed by atoms with Crippen LogP contribution in [0.5, 0.6) is 0 Å². The van der Waals surface area contributed by atoms with Gasteiger partial charge in [0.15, 0.2) is 0 Å². The second-order valence-electron chi connectivity index (χ2n) is 9.32. The van der Waals surface area contributed by atoms with Crippen molar-refractivity contribution in [2.75, 3.05) is 0 Å². The number of sulfone groups is 1. The minimum atomic E-state index is -3.79. The number of aryl methyl sites for hydroxylation is 1. The molecule has 192 valence electrons. The Morgan fingerprint density at radius 1 is 0.973 bits per heavy atom. The van der Waals surface area contributed by atoms with Crippen molar-refractivity contribution in [3.63, 3.8) is 0 Å². The van der Waals surface area contributed by atoms with E-state index in [0.29, 0.717) is 16.8 Å². The van der Waals surface area contributed by atoms with Crippen LogP contribution >= 0.6 is 0 Å². The number of imidazole rings is 1. The third-order valence-electron chi connectivity index (χ3n) is 6.28. The van der Waals surface area contributed by atoms with Gasteiger partial charge >= 0.3 is 0 Å². The number of benzene rings is 3. The van der Waals surface area contributed by atoms with Gasteiger partial charge in [0, 0.05) is 11.6 Å². The van der Waals surface area contributed by atoms with Gasteiger partial charge in [-0.05, 0) is 61.7 Å². The average Bonchev–Trinajstić information content (AvgIpc) is 3.27. The number of carbonyl (C=O) groups is 1. The van der Waals surface area contributed by atoms with Crippen LogP contribution < -0.4 is 0 Å². The third-order valence-corrected chi connectivity index (χ3v) is 7.85. The SMILES string of the molecule is Cc1ccccc1CS(=O)(=O)c1ncc(CN(C(=O)c2ccc(F)cc2)C(C)C)n1Cc1ccccc1. The molecule has 0 aliphatic rings. The first-order valence-corrected chi connectivity index (χ1v) is 13.7. The quantitative estimate of drug-likeness (QED) is 0.297. The van der Waals surface area contributed by atoms with Crippen LogP contribution in [-0.4, -0.2) is 34.8 Å². The first-order chi connectivity index (χ1) is 17.7. The maximum atomic E-state index is 13.6. The lowest BCUT2D eigenvalue weighted by Gasteiger charge is -2.27. The van der Waals surface area contributed by atoms with Gasteiger partial charge < -0.3 is 9.47 Å². The van der Waals surface area contributed by atoms with Gasteiger partial charge in [0.05, 0.1) is 30.7 Å². The third kappa shape index (κ3) is 6.14. The molecule has 1 amide bonds. The molecule has 0 saturated carbocycles. The van der Waals surface area contributed by atoms with Crippen molar-refractivity contribution in [3.05, 3.63) is 119 Å². The largest absolute Gasteiger partial charge is 0.330 e. The van der Waals surface area contributed by atoms with E-state index in [0.717, 1.165) is 11.1 Å². The second kappa shape index (κ2) is 11.1. The molecule has 0 radical (unpaired) electrons.